The van der Waals surface area contributed by atoms with Crippen molar-refractivity contribution in [2.45, 2.75) is 32.8 Å². The highest BCUT2D eigenvalue weighted by molar-refractivity contribution is 5.85. The quantitative estimate of drug-likeness (QED) is 0.791. The molecule has 0 fully saturated rings. The van der Waals surface area contributed by atoms with E-state index >= 15 is 0 Å². The fourth-order valence-corrected chi connectivity index (χ4v) is 2.89. The van der Waals surface area contributed by atoms with Crippen molar-refractivity contribution in [2.24, 2.45) is 7.05 Å². The number of nitrogens with zero attached hydrogens (tertiary/aromatic N) is 2. The molecule has 0 bridgehead atoms. The zero-order valence-corrected chi connectivity index (χ0v) is 14.3. The molecule has 4 nitrogen and oxygen atoms in total. The van der Waals surface area contributed by atoms with Gasteiger partial charge in [0.05, 0.1) is 0 Å². The smallest absolute Gasteiger partial charge is 0.410 e. The summed E-state index contributed by atoms with van der Waals surface area (Å²) in [6.45, 7) is 6.99. The average Bonchev–Trinajstić information content (AvgIpc) is 2.87. The number of carbonyl (C=O) groups is 1. The second-order valence-corrected chi connectivity index (χ2v) is 7.11. The van der Waals surface area contributed by atoms with Crippen LogP contribution in [0.3, 0.4) is 0 Å². The lowest BCUT2D eigenvalue weighted by molar-refractivity contribution is 0.0270. The highest BCUT2D eigenvalue weighted by Crippen LogP contribution is 2.26. The van der Waals surface area contributed by atoms with E-state index < -0.39 is 5.60 Å². The van der Waals surface area contributed by atoms with Crippen LogP contribution in [0, 0.1) is 0 Å². The monoisotopic (exact) mass is 312 g/mol. The van der Waals surface area contributed by atoms with Gasteiger partial charge in [-0.15, -0.1) is 0 Å². The summed E-state index contributed by atoms with van der Waals surface area (Å²) in [4.78, 5) is 13.9. The Hall–Kier alpha value is -2.23. The molecule has 2 aromatic rings. The summed E-state index contributed by atoms with van der Waals surface area (Å²) in [6.07, 6.45) is 4.84. The minimum Gasteiger partial charge on any atom is -0.444 e. The van der Waals surface area contributed by atoms with Crippen molar-refractivity contribution in [2.75, 3.05) is 13.1 Å². The van der Waals surface area contributed by atoms with Crippen molar-refractivity contribution >= 4 is 22.6 Å². The lowest BCUT2D eigenvalue weighted by Gasteiger charge is -2.29. The van der Waals surface area contributed by atoms with Crippen LogP contribution in [0.2, 0.25) is 0 Å². The van der Waals surface area contributed by atoms with Crippen LogP contribution in [0.5, 0.6) is 0 Å². The van der Waals surface area contributed by atoms with E-state index in [0.29, 0.717) is 13.1 Å². The Bertz CT molecular complexity index is 765. The first-order valence-corrected chi connectivity index (χ1v) is 8.06. The van der Waals surface area contributed by atoms with E-state index in [2.05, 4.69) is 48.2 Å². The van der Waals surface area contributed by atoms with Crippen LogP contribution in [-0.4, -0.2) is 34.3 Å². The molecule has 1 aromatic carbocycles. The van der Waals surface area contributed by atoms with E-state index in [0.717, 1.165) is 6.42 Å². The molecular formula is C19H24N2O2. The average molecular weight is 312 g/mol. The van der Waals surface area contributed by atoms with Gasteiger partial charge in [0.15, 0.2) is 0 Å². The molecule has 0 N–H and O–H groups in total. The molecule has 0 aliphatic carbocycles. The van der Waals surface area contributed by atoms with Crippen LogP contribution >= 0.6 is 0 Å². The van der Waals surface area contributed by atoms with E-state index in [-0.39, 0.29) is 6.09 Å². The molecule has 23 heavy (non-hydrogen) atoms. The number of hydrogen-bond donors (Lipinski definition) is 0. The van der Waals surface area contributed by atoms with Gasteiger partial charge in [-0.3, -0.25) is 0 Å². The van der Waals surface area contributed by atoms with Crippen molar-refractivity contribution in [1.29, 1.82) is 0 Å². The minimum atomic E-state index is -0.446. The molecule has 0 unspecified atom stereocenters. The van der Waals surface area contributed by atoms with Gasteiger partial charge in [0, 0.05) is 31.9 Å². The zero-order valence-electron chi connectivity index (χ0n) is 14.3. The third-order valence-corrected chi connectivity index (χ3v) is 4.12. The number of benzene rings is 1. The predicted molar refractivity (Wildman–Crippen MR) is 93.3 cm³/mol. The summed E-state index contributed by atoms with van der Waals surface area (Å²) in [7, 11) is 2.06. The maximum absolute atomic E-state index is 12.1. The largest absolute Gasteiger partial charge is 0.444 e. The van der Waals surface area contributed by atoms with E-state index in [9.17, 15) is 4.79 Å². The zero-order chi connectivity index (χ0) is 16.6. The van der Waals surface area contributed by atoms with Gasteiger partial charge in [-0.1, -0.05) is 18.2 Å². The van der Waals surface area contributed by atoms with Gasteiger partial charge in [-0.25, -0.2) is 4.79 Å². The number of carbonyl (C=O) groups excluding carboxylic acids is 1. The highest BCUT2D eigenvalue weighted by atomic mass is 16.6. The van der Waals surface area contributed by atoms with Crippen LogP contribution in [0.1, 0.15) is 32.8 Å². The third-order valence-electron chi connectivity index (χ3n) is 4.12. The number of rotatable bonds is 1. The topological polar surface area (TPSA) is 34.5 Å². The summed E-state index contributed by atoms with van der Waals surface area (Å²) in [5.74, 6) is 0. The molecule has 1 amide bonds. The summed E-state index contributed by atoms with van der Waals surface area (Å²) in [5, 5.41) is 1.25. The molecule has 0 atom stereocenters. The number of hydrogen-bond acceptors (Lipinski definition) is 2. The van der Waals surface area contributed by atoms with E-state index in [1.54, 1.807) is 4.90 Å². The molecule has 2 heterocycles. The summed E-state index contributed by atoms with van der Waals surface area (Å²) < 4.78 is 7.57. The van der Waals surface area contributed by atoms with E-state index in [4.69, 9.17) is 4.74 Å². The van der Waals surface area contributed by atoms with Crippen LogP contribution < -0.4 is 0 Å². The lowest BCUT2D eigenvalue weighted by Crippen LogP contribution is -2.39. The van der Waals surface area contributed by atoms with Crippen LogP contribution in [0.15, 0.2) is 36.5 Å². The van der Waals surface area contributed by atoms with Crippen LogP contribution in [-0.2, 0) is 11.8 Å². The van der Waals surface area contributed by atoms with E-state index in [1.165, 1.54) is 22.0 Å². The Balaban J connectivity index is 1.75. The second-order valence-electron chi connectivity index (χ2n) is 7.11. The number of ether oxygens (including phenoxy) is 1. The minimum absolute atomic E-state index is 0.231. The fourth-order valence-electron chi connectivity index (χ4n) is 2.89. The Morgan fingerprint density at radius 1 is 1.22 bits per heavy atom. The van der Waals surface area contributed by atoms with Crippen molar-refractivity contribution in [1.82, 2.24) is 9.47 Å². The molecule has 1 aliphatic rings. The molecule has 0 spiro atoms. The molecule has 3 rings (SSSR count). The lowest BCUT2D eigenvalue weighted by atomic mass is 9.99. The number of fused-ring (bicyclic) bond motifs is 1. The molecule has 122 valence electrons. The standard InChI is InChI=1S/C19H24N2O2/c1-19(2,3)23-18(22)21-11-8-14(9-12-21)16-6-5-15-7-10-20(4)17(15)13-16/h5-8,10,13H,9,11-12H2,1-4H3. The normalized spacial score (nSPS) is 15.7. The van der Waals surface area contributed by atoms with Crippen molar-refractivity contribution in [3.05, 3.63) is 42.1 Å². The molecule has 4 heteroatoms. The van der Waals surface area contributed by atoms with Crippen molar-refractivity contribution in [3.63, 3.8) is 0 Å². The van der Waals surface area contributed by atoms with Gasteiger partial charge in [0.2, 0.25) is 0 Å². The Labute approximate surface area is 137 Å². The Morgan fingerprint density at radius 3 is 2.65 bits per heavy atom. The maximum Gasteiger partial charge on any atom is 0.410 e. The number of aryl methyl sites for hydroxylation is 1. The first-order valence-electron chi connectivity index (χ1n) is 8.06. The van der Waals surface area contributed by atoms with Gasteiger partial charge < -0.3 is 14.2 Å². The molecule has 0 radical (unpaired) electrons. The number of amides is 1. The van der Waals surface area contributed by atoms with Crippen LogP contribution in [0.4, 0.5) is 4.79 Å². The number of aromatic nitrogens is 1. The first kappa shape index (κ1) is 15.7. The molecular weight excluding hydrogens is 288 g/mol. The summed E-state index contributed by atoms with van der Waals surface area (Å²) in [6, 6.07) is 8.67. The second kappa shape index (κ2) is 5.76. The Kier molecular flexibility index (Phi) is 3.92. The first-order chi connectivity index (χ1) is 10.8. The Morgan fingerprint density at radius 2 is 2.00 bits per heavy atom. The summed E-state index contributed by atoms with van der Waals surface area (Å²) in [5.41, 5.74) is 3.33. The molecule has 1 aromatic heterocycles. The maximum atomic E-state index is 12.1. The van der Waals surface area contributed by atoms with E-state index in [1.807, 2.05) is 20.8 Å². The van der Waals surface area contributed by atoms with Crippen molar-refractivity contribution in [3.8, 4) is 0 Å². The van der Waals surface area contributed by atoms with Crippen molar-refractivity contribution < 1.29 is 9.53 Å². The fraction of sp³-hybridized carbons (Fsp3) is 0.421. The van der Waals surface area contributed by atoms with Gasteiger partial charge in [-0.2, -0.15) is 0 Å². The van der Waals surface area contributed by atoms with Gasteiger partial charge in [0.1, 0.15) is 5.60 Å². The molecule has 0 saturated heterocycles. The van der Waals surface area contributed by atoms with Gasteiger partial charge in [0.25, 0.3) is 0 Å². The van der Waals surface area contributed by atoms with Gasteiger partial charge >= 0.3 is 6.09 Å². The summed E-state index contributed by atoms with van der Waals surface area (Å²) >= 11 is 0. The molecule has 1 aliphatic heterocycles. The highest BCUT2D eigenvalue weighted by Gasteiger charge is 2.23. The third kappa shape index (κ3) is 3.41. The van der Waals surface area contributed by atoms with Gasteiger partial charge in [-0.05, 0) is 55.8 Å². The molecule has 0 saturated carbocycles. The van der Waals surface area contributed by atoms with Crippen LogP contribution in [0.25, 0.3) is 16.5 Å². The SMILES string of the molecule is Cn1ccc2ccc(C3=CCN(C(=O)OC(C)(C)C)CC3)cc21. The predicted octanol–water partition coefficient (Wildman–Crippen LogP) is 4.20.